The van der Waals surface area contributed by atoms with Crippen LogP contribution in [-0.4, -0.2) is 4.57 Å². The molecule has 9 rings (SSSR count). The number of hydrogen-bond donors (Lipinski definition) is 0. The van der Waals surface area contributed by atoms with Gasteiger partial charge in [-0.3, -0.25) is 0 Å². The third kappa shape index (κ3) is 6.36. The fourth-order valence-electron chi connectivity index (χ4n) is 7.33. The van der Waals surface area contributed by atoms with E-state index < -0.39 is 0 Å². The Morgan fingerprint density at radius 3 is 1.13 bits per heavy atom. The maximum absolute atomic E-state index is 13.9. The van der Waals surface area contributed by atoms with Crippen LogP contribution in [0.25, 0.3) is 38.6 Å². The Balaban J connectivity index is 1.12. The molecule has 266 valence electrons. The summed E-state index contributed by atoms with van der Waals surface area (Å²) in [5.41, 5.74) is 9.75. The van der Waals surface area contributed by atoms with E-state index in [1.807, 2.05) is 46.2 Å². The minimum absolute atomic E-state index is 0.335. The van der Waals surface area contributed by atoms with Crippen molar-refractivity contribution in [2.24, 2.45) is 0 Å². The lowest BCUT2D eigenvalue weighted by molar-refractivity contribution is 0.627. The summed E-state index contributed by atoms with van der Waals surface area (Å²) < 4.78 is 57.9. The maximum atomic E-state index is 13.9. The molecule has 8 aromatic carbocycles. The highest BCUT2D eigenvalue weighted by Crippen LogP contribution is 2.41. The van der Waals surface area contributed by atoms with Gasteiger partial charge in [-0.1, -0.05) is 42.5 Å². The number of fused-ring (bicyclic) bond motifs is 3. The van der Waals surface area contributed by atoms with Gasteiger partial charge in [-0.15, -0.1) is 0 Å². The Morgan fingerprint density at radius 2 is 0.691 bits per heavy atom. The molecular formula is C48H31F4N3. The summed E-state index contributed by atoms with van der Waals surface area (Å²) in [5, 5.41) is 2.20. The highest BCUT2D eigenvalue weighted by molar-refractivity contribution is 6.15. The quantitative estimate of drug-likeness (QED) is 0.145. The summed E-state index contributed by atoms with van der Waals surface area (Å²) in [7, 11) is 0. The number of para-hydroxylation sites is 1. The lowest BCUT2D eigenvalue weighted by Crippen LogP contribution is -2.10. The molecule has 0 amide bonds. The van der Waals surface area contributed by atoms with Crippen LogP contribution in [-0.2, 0) is 0 Å². The third-order valence-corrected chi connectivity index (χ3v) is 9.84. The van der Waals surface area contributed by atoms with E-state index in [-0.39, 0.29) is 23.3 Å². The van der Waals surface area contributed by atoms with E-state index in [2.05, 4.69) is 59.2 Å². The predicted molar refractivity (Wildman–Crippen MR) is 215 cm³/mol. The number of anilines is 6. The van der Waals surface area contributed by atoms with Crippen molar-refractivity contribution in [3.63, 3.8) is 0 Å². The van der Waals surface area contributed by atoms with Gasteiger partial charge in [0.2, 0.25) is 0 Å². The summed E-state index contributed by atoms with van der Waals surface area (Å²) in [6, 6.07) is 55.9. The first-order chi connectivity index (χ1) is 26.9. The first-order valence-electron chi connectivity index (χ1n) is 17.8. The van der Waals surface area contributed by atoms with Gasteiger partial charge in [-0.2, -0.15) is 0 Å². The second-order valence-corrected chi connectivity index (χ2v) is 13.2. The molecule has 0 saturated heterocycles. The Bertz CT molecular complexity index is 2670. The second kappa shape index (κ2) is 14.0. The number of hydrogen-bond acceptors (Lipinski definition) is 2. The molecule has 0 unspecified atom stereocenters. The van der Waals surface area contributed by atoms with Gasteiger partial charge in [0.1, 0.15) is 23.3 Å². The monoisotopic (exact) mass is 725 g/mol. The van der Waals surface area contributed by atoms with Gasteiger partial charge < -0.3 is 14.4 Å². The average molecular weight is 726 g/mol. The smallest absolute Gasteiger partial charge is 0.123 e. The summed E-state index contributed by atoms with van der Waals surface area (Å²) in [5.74, 6) is -1.34. The van der Waals surface area contributed by atoms with Crippen LogP contribution in [0.2, 0.25) is 0 Å². The number of aromatic nitrogens is 1. The van der Waals surface area contributed by atoms with Gasteiger partial charge >= 0.3 is 0 Å². The molecule has 1 aromatic heterocycles. The van der Waals surface area contributed by atoms with Crippen LogP contribution in [0, 0.1) is 23.3 Å². The van der Waals surface area contributed by atoms with Gasteiger partial charge in [-0.25, -0.2) is 17.6 Å². The van der Waals surface area contributed by atoms with Crippen LogP contribution in [0.1, 0.15) is 0 Å². The molecular weight excluding hydrogens is 695 g/mol. The summed E-state index contributed by atoms with van der Waals surface area (Å²) >= 11 is 0. The SMILES string of the molecule is Fc1ccc(N(c2ccc(F)cc2)c2ccc(-c3cccc4c3c3ccccc3n4-c3ccc(N(c4ccc(F)cc4)c4ccc(F)cc4)cc3)cc2)cc1. The van der Waals surface area contributed by atoms with Crippen molar-refractivity contribution < 1.29 is 17.6 Å². The van der Waals surface area contributed by atoms with E-state index in [9.17, 15) is 17.6 Å². The average Bonchev–Trinajstić information content (AvgIpc) is 3.56. The second-order valence-electron chi connectivity index (χ2n) is 13.2. The molecule has 0 N–H and O–H groups in total. The van der Waals surface area contributed by atoms with Gasteiger partial charge in [0.05, 0.1) is 11.0 Å². The predicted octanol–water partition coefficient (Wildman–Crippen LogP) is 13.9. The fourth-order valence-corrected chi connectivity index (χ4v) is 7.33. The molecule has 0 aliphatic rings. The molecule has 0 spiro atoms. The van der Waals surface area contributed by atoms with Crippen LogP contribution >= 0.6 is 0 Å². The van der Waals surface area contributed by atoms with Crippen molar-refractivity contribution in [1.82, 2.24) is 4.57 Å². The highest BCUT2D eigenvalue weighted by atomic mass is 19.1. The minimum Gasteiger partial charge on any atom is -0.310 e. The van der Waals surface area contributed by atoms with Crippen molar-refractivity contribution in [2.75, 3.05) is 9.80 Å². The molecule has 1 heterocycles. The maximum Gasteiger partial charge on any atom is 0.123 e. The van der Waals surface area contributed by atoms with Crippen LogP contribution in [0.15, 0.2) is 188 Å². The van der Waals surface area contributed by atoms with E-state index in [0.29, 0.717) is 0 Å². The normalized spacial score (nSPS) is 11.3. The molecule has 0 aliphatic heterocycles. The van der Waals surface area contributed by atoms with Crippen molar-refractivity contribution >= 4 is 55.9 Å². The van der Waals surface area contributed by atoms with E-state index >= 15 is 0 Å². The molecule has 0 fully saturated rings. The number of benzene rings is 8. The van der Waals surface area contributed by atoms with Gasteiger partial charge in [0.15, 0.2) is 0 Å². The van der Waals surface area contributed by atoms with Crippen molar-refractivity contribution in [1.29, 1.82) is 0 Å². The highest BCUT2D eigenvalue weighted by Gasteiger charge is 2.19. The van der Waals surface area contributed by atoms with Crippen LogP contribution in [0.4, 0.5) is 51.7 Å². The zero-order valence-corrected chi connectivity index (χ0v) is 29.3. The first-order valence-corrected chi connectivity index (χ1v) is 17.8. The first kappa shape index (κ1) is 33.7. The molecule has 0 atom stereocenters. The summed E-state index contributed by atoms with van der Waals surface area (Å²) in [6.07, 6.45) is 0. The minimum atomic E-state index is -0.336. The Morgan fingerprint density at radius 1 is 0.327 bits per heavy atom. The van der Waals surface area contributed by atoms with Gasteiger partial charge in [0.25, 0.3) is 0 Å². The van der Waals surface area contributed by atoms with E-state index in [1.54, 1.807) is 48.5 Å². The Hall–Kier alpha value is -7.12. The number of halogens is 4. The molecule has 9 aromatic rings. The molecule has 3 nitrogen and oxygen atoms in total. The number of rotatable bonds is 8. The lowest BCUT2D eigenvalue weighted by atomic mass is 9.99. The Kier molecular flexibility index (Phi) is 8.59. The molecule has 0 bridgehead atoms. The molecule has 55 heavy (non-hydrogen) atoms. The molecule has 0 aliphatic carbocycles. The zero-order valence-electron chi connectivity index (χ0n) is 29.3. The molecule has 0 saturated carbocycles. The lowest BCUT2D eigenvalue weighted by Gasteiger charge is -2.25. The van der Waals surface area contributed by atoms with E-state index in [1.165, 1.54) is 48.5 Å². The van der Waals surface area contributed by atoms with Crippen LogP contribution < -0.4 is 9.80 Å². The van der Waals surface area contributed by atoms with Crippen molar-refractivity contribution in [3.8, 4) is 16.8 Å². The topological polar surface area (TPSA) is 11.4 Å². The van der Waals surface area contributed by atoms with Crippen molar-refractivity contribution in [3.05, 3.63) is 211 Å². The summed E-state index contributed by atoms with van der Waals surface area (Å²) in [6.45, 7) is 0. The fraction of sp³-hybridized carbons (Fsp3) is 0. The zero-order chi connectivity index (χ0) is 37.5. The molecule has 7 heteroatoms. The van der Waals surface area contributed by atoms with Gasteiger partial charge in [0, 0.05) is 50.6 Å². The van der Waals surface area contributed by atoms with Crippen LogP contribution in [0.3, 0.4) is 0 Å². The van der Waals surface area contributed by atoms with Crippen LogP contribution in [0.5, 0.6) is 0 Å². The largest absolute Gasteiger partial charge is 0.310 e. The van der Waals surface area contributed by atoms with Gasteiger partial charge in [-0.05, 0) is 157 Å². The number of nitrogens with zero attached hydrogens (tertiary/aromatic N) is 3. The van der Waals surface area contributed by atoms with E-state index in [0.717, 1.165) is 72.7 Å². The van der Waals surface area contributed by atoms with E-state index in [4.69, 9.17) is 0 Å². The Labute approximate surface area is 315 Å². The third-order valence-electron chi connectivity index (χ3n) is 9.84. The summed E-state index contributed by atoms with van der Waals surface area (Å²) in [4.78, 5) is 3.93. The molecule has 0 radical (unpaired) electrons. The standard InChI is InChI=1S/C48H31F4N3/c49-33-10-20-38(21-11-33)53(39-22-12-34(50)13-23-39)37-18-8-32(9-19-37)44-5-3-7-47-48(44)45-4-1-2-6-46(45)55(47)43-30-28-42(29-31-43)54(40-24-14-35(51)15-25-40)41-26-16-36(52)17-27-41/h1-31H. The van der Waals surface area contributed by atoms with Crippen molar-refractivity contribution in [2.45, 2.75) is 0 Å².